The van der Waals surface area contributed by atoms with E-state index in [2.05, 4.69) is 19.6 Å². The van der Waals surface area contributed by atoms with Crippen LogP contribution in [-0.2, 0) is 14.4 Å². The lowest BCUT2D eigenvalue weighted by atomic mass is 10.0. The first-order chi connectivity index (χ1) is 14.4. The van der Waals surface area contributed by atoms with Crippen LogP contribution in [0.3, 0.4) is 0 Å². The summed E-state index contributed by atoms with van der Waals surface area (Å²) in [5, 5.41) is 27.7. The summed E-state index contributed by atoms with van der Waals surface area (Å²) in [5.74, 6) is -3.39. The maximum absolute atomic E-state index is 12.4. The van der Waals surface area contributed by atoms with Crippen molar-refractivity contribution in [2.24, 2.45) is 0 Å². The highest BCUT2D eigenvalue weighted by Gasteiger charge is 2.36. The van der Waals surface area contributed by atoms with Crippen LogP contribution >= 0.6 is 12.6 Å². The lowest BCUT2D eigenvalue weighted by molar-refractivity contribution is -0.161. The Balaban J connectivity index is 4.09. The van der Waals surface area contributed by atoms with Crippen molar-refractivity contribution in [3.8, 4) is 0 Å². The molecule has 0 saturated heterocycles. The maximum atomic E-state index is 12.4. The van der Waals surface area contributed by atoms with Crippen LogP contribution in [0.1, 0.15) is 96.8 Å². The van der Waals surface area contributed by atoms with E-state index in [1.165, 1.54) is 57.8 Å². The van der Waals surface area contributed by atoms with Gasteiger partial charge in [-0.2, -0.15) is 12.6 Å². The zero-order valence-corrected chi connectivity index (χ0v) is 19.3. The van der Waals surface area contributed by atoms with E-state index >= 15 is 0 Å². The quantitative estimate of drug-likeness (QED) is 0.178. The number of unbranched alkanes of at least 4 members (excludes halogenated alkanes) is 12. The van der Waals surface area contributed by atoms with Crippen LogP contribution in [0.25, 0.3) is 0 Å². The molecular formula is C22H41NO6S. The SMILES string of the molecule is CCCCCCCCCCCCCCCC(=O)N(C(=O)[C@@H](O)CO)C(CS)C(=O)O. The largest absolute Gasteiger partial charge is 0.480 e. The molecule has 0 aromatic rings. The van der Waals surface area contributed by atoms with E-state index in [1.807, 2.05) is 0 Å². The number of carboxylic acids is 1. The number of hydrogen-bond donors (Lipinski definition) is 4. The number of rotatable bonds is 19. The third kappa shape index (κ3) is 12.5. The average Bonchev–Trinajstić information content (AvgIpc) is 2.73. The number of hydrogen-bond acceptors (Lipinski definition) is 6. The molecule has 176 valence electrons. The Hall–Kier alpha value is -1.12. The molecule has 0 bridgehead atoms. The predicted octanol–water partition coefficient (Wildman–Crippen LogP) is 3.56. The average molecular weight is 448 g/mol. The van der Waals surface area contributed by atoms with Crippen molar-refractivity contribution in [1.29, 1.82) is 0 Å². The van der Waals surface area contributed by atoms with Crippen LogP contribution in [-0.4, -0.2) is 62.5 Å². The van der Waals surface area contributed by atoms with Crippen LogP contribution in [0, 0.1) is 0 Å². The normalized spacial score (nSPS) is 13.1. The molecule has 0 aromatic heterocycles. The Kier molecular flexibility index (Phi) is 17.9. The van der Waals surface area contributed by atoms with Crippen LogP contribution in [0.15, 0.2) is 0 Å². The number of carbonyl (C=O) groups is 3. The van der Waals surface area contributed by atoms with Gasteiger partial charge in [-0.05, 0) is 6.42 Å². The molecule has 7 nitrogen and oxygen atoms in total. The van der Waals surface area contributed by atoms with E-state index in [1.54, 1.807) is 0 Å². The lowest BCUT2D eigenvalue weighted by Crippen LogP contribution is -2.53. The molecule has 0 aliphatic heterocycles. The fourth-order valence-electron chi connectivity index (χ4n) is 3.37. The summed E-state index contributed by atoms with van der Waals surface area (Å²) in [6.45, 7) is 1.35. The van der Waals surface area contributed by atoms with Gasteiger partial charge in [0.25, 0.3) is 5.91 Å². The summed E-state index contributed by atoms with van der Waals surface area (Å²) >= 11 is 3.90. The van der Waals surface area contributed by atoms with Gasteiger partial charge in [0.15, 0.2) is 6.10 Å². The van der Waals surface area contributed by atoms with Gasteiger partial charge >= 0.3 is 5.97 Å². The van der Waals surface area contributed by atoms with Crippen molar-refractivity contribution in [1.82, 2.24) is 4.90 Å². The van der Waals surface area contributed by atoms with E-state index in [9.17, 15) is 24.6 Å². The molecule has 0 aliphatic rings. The number of nitrogens with zero attached hydrogens (tertiary/aromatic N) is 1. The van der Waals surface area contributed by atoms with Crippen molar-refractivity contribution >= 4 is 30.4 Å². The number of imide groups is 1. The van der Waals surface area contributed by atoms with E-state index in [0.29, 0.717) is 11.3 Å². The van der Waals surface area contributed by atoms with Crippen molar-refractivity contribution in [3.05, 3.63) is 0 Å². The monoisotopic (exact) mass is 447 g/mol. The third-order valence-corrected chi connectivity index (χ3v) is 5.57. The molecule has 1 unspecified atom stereocenters. The standard InChI is InChI=1S/C22H41NO6S/c1-2-3-4-5-6-7-8-9-10-11-12-13-14-15-20(26)23(18(17-30)22(28)29)21(27)19(25)16-24/h18-19,24-25,30H,2-17H2,1H3,(H,28,29)/t18?,19-/m0/s1. The number of aliphatic hydroxyl groups is 2. The second kappa shape index (κ2) is 18.6. The van der Waals surface area contributed by atoms with Crippen LogP contribution in [0.2, 0.25) is 0 Å². The molecule has 0 rings (SSSR count). The Labute approximate surface area is 186 Å². The van der Waals surface area contributed by atoms with E-state index in [4.69, 9.17) is 5.11 Å². The number of aliphatic hydroxyl groups excluding tert-OH is 2. The predicted molar refractivity (Wildman–Crippen MR) is 121 cm³/mol. The van der Waals surface area contributed by atoms with Gasteiger partial charge in [0.05, 0.1) is 6.61 Å². The van der Waals surface area contributed by atoms with Gasteiger partial charge in [0, 0.05) is 12.2 Å². The molecule has 0 heterocycles. The van der Waals surface area contributed by atoms with Crippen LogP contribution in [0.4, 0.5) is 0 Å². The maximum Gasteiger partial charge on any atom is 0.327 e. The molecule has 3 N–H and O–H groups in total. The van der Waals surface area contributed by atoms with Crippen molar-refractivity contribution < 1.29 is 29.7 Å². The van der Waals surface area contributed by atoms with Gasteiger partial charge < -0.3 is 15.3 Å². The van der Waals surface area contributed by atoms with Crippen LogP contribution < -0.4 is 0 Å². The first-order valence-corrected chi connectivity index (χ1v) is 12.0. The minimum Gasteiger partial charge on any atom is -0.480 e. The van der Waals surface area contributed by atoms with Crippen LogP contribution in [0.5, 0.6) is 0 Å². The number of carboxylic acid groups (broad SMARTS) is 1. The van der Waals surface area contributed by atoms with E-state index in [-0.39, 0.29) is 12.2 Å². The zero-order valence-electron chi connectivity index (χ0n) is 18.4. The highest BCUT2D eigenvalue weighted by molar-refractivity contribution is 7.80. The summed E-state index contributed by atoms with van der Waals surface area (Å²) in [6.07, 6.45) is 13.3. The van der Waals surface area contributed by atoms with Gasteiger partial charge in [-0.3, -0.25) is 14.5 Å². The Bertz CT molecular complexity index is 488. The Morgan fingerprint density at radius 2 is 1.27 bits per heavy atom. The topological polar surface area (TPSA) is 115 Å². The van der Waals surface area contributed by atoms with Gasteiger partial charge in [0.2, 0.25) is 5.91 Å². The minimum atomic E-state index is -1.82. The third-order valence-electron chi connectivity index (χ3n) is 5.23. The van der Waals surface area contributed by atoms with Gasteiger partial charge in [-0.25, -0.2) is 4.79 Å². The first kappa shape index (κ1) is 28.9. The second-order valence-corrected chi connectivity index (χ2v) is 8.19. The van der Waals surface area contributed by atoms with Crippen molar-refractivity contribution in [3.63, 3.8) is 0 Å². The fourth-order valence-corrected chi connectivity index (χ4v) is 3.69. The summed E-state index contributed by atoms with van der Waals surface area (Å²) in [4.78, 5) is 36.5. The Morgan fingerprint density at radius 3 is 1.63 bits per heavy atom. The van der Waals surface area contributed by atoms with E-state index < -0.39 is 36.5 Å². The number of carbonyl (C=O) groups excluding carboxylic acids is 2. The second-order valence-electron chi connectivity index (χ2n) is 7.83. The summed E-state index contributed by atoms with van der Waals surface area (Å²) < 4.78 is 0. The van der Waals surface area contributed by atoms with Gasteiger partial charge in [0.1, 0.15) is 6.04 Å². The molecule has 0 aliphatic carbocycles. The summed E-state index contributed by atoms with van der Waals surface area (Å²) in [5.41, 5.74) is 0. The number of aliphatic carboxylic acids is 1. The van der Waals surface area contributed by atoms with E-state index in [0.717, 1.165) is 19.3 Å². The van der Waals surface area contributed by atoms with Crippen molar-refractivity contribution in [2.75, 3.05) is 12.4 Å². The highest BCUT2D eigenvalue weighted by atomic mass is 32.1. The lowest BCUT2D eigenvalue weighted by Gasteiger charge is -2.27. The van der Waals surface area contributed by atoms with Gasteiger partial charge in [-0.1, -0.05) is 84.0 Å². The number of thiol groups is 1. The molecule has 0 radical (unpaired) electrons. The first-order valence-electron chi connectivity index (χ1n) is 11.4. The molecule has 2 amide bonds. The smallest absolute Gasteiger partial charge is 0.327 e. The molecule has 0 saturated carbocycles. The minimum absolute atomic E-state index is 0.0270. The summed E-state index contributed by atoms with van der Waals surface area (Å²) in [6, 6.07) is -1.46. The zero-order chi connectivity index (χ0) is 22.8. The molecule has 0 aromatic carbocycles. The Morgan fingerprint density at radius 1 is 0.833 bits per heavy atom. The molecule has 30 heavy (non-hydrogen) atoms. The molecular weight excluding hydrogens is 406 g/mol. The molecule has 2 atom stereocenters. The van der Waals surface area contributed by atoms with Crippen molar-refractivity contribution in [2.45, 2.75) is 109 Å². The van der Waals surface area contributed by atoms with Gasteiger partial charge in [-0.15, -0.1) is 0 Å². The molecule has 8 heteroatoms. The number of amides is 2. The summed E-state index contributed by atoms with van der Waals surface area (Å²) in [7, 11) is 0. The molecule has 0 fully saturated rings. The fraction of sp³-hybridized carbons (Fsp3) is 0.864. The molecule has 0 spiro atoms. The highest BCUT2D eigenvalue weighted by Crippen LogP contribution is 2.15.